The fourth-order valence-corrected chi connectivity index (χ4v) is 3.06. The fourth-order valence-electron chi connectivity index (χ4n) is 2.31. The quantitative estimate of drug-likeness (QED) is 0.391. The molecule has 1 N–H and O–H groups in total. The highest BCUT2D eigenvalue weighted by atomic mass is 35.5. The average Bonchev–Trinajstić information content (AvgIpc) is 3.06. The van der Waals surface area contributed by atoms with Gasteiger partial charge in [0.25, 0.3) is 0 Å². The molecule has 0 aliphatic heterocycles. The first kappa shape index (κ1) is 21.1. The number of aryl methyl sites for hydroxylation is 1. The van der Waals surface area contributed by atoms with E-state index in [1.807, 2.05) is 31.3 Å². The molecule has 144 valence electrons. The van der Waals surface area contributed by atoms with Crippen LogP contribution in [0.3, 0.4) is 0 Å². The van der Waals surface area contributed by atoms with E-state index < -0.39 is 0 Å². The van der Waals surface area contributed by atoms with Crippen molar-refractivity contribution < 1.29 is 21.5 Å². The van der Waals surface area contributed by atoms with Crippen LogP contribution in [0.1, 0.15) is 11.1 Å². The third kappa shape index (κ3) is 6.50. The SMILES string of the molecule is Cn1nnnc1SCCNCc1cccc(OCc2ccccc2F)c1.[Cl-]. The number of tetrazole rings is 1. The van der Waals surface area contributed by atoms with Gasteiger partial charge in [0.05, 0.1) is 0 Å². The minimum absolute atomic E-state index is 0. The molecule has 0 radical (unpaired) electrons. The molecule has 1 aromatic heterocycles. The van der Waals surface area contributed by atoms with E-state index in [1.54, 1.807) is 34.6 Å². The van der Waals surface area contributed by atoms with Gasteiger partial charge in [-0.3, -0.25) is 0 Å². The van der Waals surface area contributed by atoms with Gasteiger partial charge in [-0.2, -0.15) is 0 Å². The van der Waals surface area contributed by atoms with Crippen molar-refractivity contribution in [3.05, 3.63) is 65.5 Å². The van der Waals surface area contributed by atoms with Gasteiger partial charge in [0.2, 0.25) is 5.16 Å². The highest BCUT2D eigenvalue weighted by Crippen LogP contribution is 2.16. The van der Waals surface area contributed by atoms with Crippen molar-refractivity contribution in [1.29, 1.82) is 0 Å². The van der Waals surface area contributed by atoms with E-state index in [0.29, 0.717) is 5.56 Å². The lowest BCUT2D eigenvalue weighted by atomic mass is 10.2. The molecule has 9 heteroatoms. The molecule has 3 aromatic rings. The summed E-state index contributed by atoms with van der Waals surface area (Å²) in [5, 5.41) is 15.5. The molecular formula is C18H20ClFN5OS-. The smallest absolute Gasteiger partial charge is 0.209 e. The second kappa shape index (κ2) is 10.9. The molecule has 0 bridgehead atoms. The molecule has 0 aliphatic rings. The summed E-state index contributed by atoms with van der Waals surface area (Å²) in [5.74, 6) is 1.35. The molecule has 3 rings (SSSR count). The molecule has 1 heterocycles. The van der Waals surface area contributed by atoms with Crippen LogP contribution >= 0.6 is 11.8 Å². The standard InChI is InChI=1S/C18H20FN5OS.ClH/c1-24-18(21-22-23-24)26-10-9-20-12-14-5-4-7-16(11-14)25-13-15-6-2-3-8-17(15)19;/h2-8,11,20H,9-10,12-13H2,1H3;1H/p-1. The number of benzene rings is 2. The van der Waals surface area contributed by atoms with Gasteiger partial charge in [-0.25, -0.2) is 9.07 Å². The third-order valence-electron chi connectivity index (χ3n) is 3.67. The first-order valence-corrected chi connectivity index (χ1v) is 9.22. The zero-order valence-corrected chi connectivity index (χ0v) is 16.4. The van der Waals surface area contributed by atoms with Crippen molar-refractivity contribution in [2.45, 2.75) is 18.3 Å². The Kier molecular flexibility index (Phi) is 8.50. The minimum Gasteiger partial charge on any atom is -1.00 e. The van der Waals surface area contributed by atoms with Gasteiger partial charge in [-0.05, 0) is 34.2 Å². The monoisotopic (exact) mass is 408 g/mol. The van der Waals surface area contributed by atoms with Gasteiger partial charge >= 0.3 is 0 Å². The number of aromatic nitrogens is 4. The highest BCUT2D eigenvalue weighted by molar-refractivity contribution is 7.99. The van der Waals surface area contributed by atoms with Crippen LogP contribution < -0.4 is 22.5 Å². The Morgan fingerprint density at radius 1 is 1.19 bits per heavy atom. The maximum absolute atomic E-state index is 13.6. The molecule has 2 aromatic carbocycles. The first-order valence-electron chi connectivity index (χ1n) is 8.23. The summed E-state index contributed by atoms with van der Waals surface area (Å²) in [6, 6.07) is 14.5. The van der Waals surface area contributed by atoms with Crippen LogP contribution in [0.4, 0.5) is 4.39 Å². The van der Waals surface area contributed by atoms with E-state index >= 15 is 0 Å². The summed E-state index contributed by atoms with van der Waals surface area (Å²) >= 11 is 1.60. The van der Waals surface area contributed by atoms with E-state index in [-0.39, 0.29) is 24.8 Å². The van der Waals surface area contributed by atoms with Crippen molar-refractivity contribution in [2.24, 2.45) is 7.05 Å². The number of hydrogen-bond donors (Lipinski definition) is 1. The van der Waals surface area contributed by atoms with Crippen molar-refractivity contribution >= 4 is 11.8 Å². The first-order chi connectivity index (χ1) is 12.7. The topological polar surface area (TPSA) is 64.9 Å². The number of nitrogens with zero attached hydrogens (tertiary/aromatic N) is 4. The van der Waals surface area contributed by atoms with Crippen molar-refractivity contribution in [2.75, 3.05) is 12.3 Å². The molecule has 0 fully saturated rings. The molecule has 0 saturated carbocycles. The number of hydrogen-bond acceptors (Lipinski definition) is 6. The van der Waals surface area contributed by atoms with E-state index in [0.717, 1.165) is 35.3 Å². The normalized spacial score (nSPS) is 10.4. The zero-order valence-electron chi connectivity index (χ0n) is 14.8. The Hall–Kier alpha value is -2.16. The predicted molar refractivity (Wildman–Crippen MR) is 98.4 cm³/mol. The van der Waals surface area contributed by atoms with Crippen LogP contribution in [0, 0.1) is 5.82 Å². The number of nitrogens with one attached hydrogen (secondary N) is 1. The van der Waals surface area contributed by atoms with Crippen LogP contribution in [-0.4, -0.2) is 32.5 Å². The van der Waals surface area contributed by atoms with Crippen LogP contribution in [-0.2, 0) is 20.2 Å². The molecule has 0 spiro atoms. The summed E-state index contributed by atoms with van der Waals surface area (Å²) in [7, 11) is 1.82. The molecule has 27 heavy (non-hydrogen) atoms. The Balaban J connectivity index is 0.00000261. The molecule has 0 unspecified atom stereocenters. The van der Waals surface area contributed by atoms with Gasteiger partial charge in [-0.1, -0.05) is 42.1 Å². The van der Waals surface area contributed by atoms with Gasteiger partial charge in [0, 0.05) is 31.5 Å². The summed E-state index contributed by atoms with van der Waals surface area (Å²) in [6.07, 6.45) is 0. The average molecular weight is 409 g/mol. The lowest BCUT2D eigenvalue weighted by Gasteiger charge is -2.09. The summed E-state index contributed by atoms with van der Waals surface area (Å²) in [4.78, 5) is 0. The van der Waals surface area contributed by atoms with E-state index in [2.05, 4.69) is 20.8 Å². The van der Waals surface area contributed by atoms with Gasteiger partial charge in [0.15, 0.2) is 0 Å². The second-order valence-corrected chi connectivity index (χ2v) is 6.70. The Morgan fingerprint density at radius 2 is 2.04 bits per heavy atom. The summed E-state index contributed by atoms with van der Waals surface area (Å²) in [6.45, 7) is 1.78. The van der Waals surface area contributed by atoms with Crippen LogP contribution in [0.2, 0.25) is 0 Å². The predicted octanol–water partition coefficient (Wildman–Crippen LogP) is -0.186. The lowest BCUT2D eigenvalue weighted by molar-refractivity contribution is -0.00000652. The summed E-state index contributed by atoms with van der Waals surface area (Å²) < 4.78 is 21.0. The third-order valence-corrected chi connectivity index (χ3v) is 4.68. The van der Waals surface area contributed by atoms with Crippen molar-refractivity contribution in [3.63, 3.8) is 0 Å². The Bertz CT molecular complexity index is 848. The van der Waals surface area contributed by atoms with Gasteiger partial charge in [0.1, 0.15) is 18.2 Å². The van der Waals surface area contributed by atoms with Crippen LogP contribution in [0.15, 0.2) is 53.7 Å². The Labute approximate surface area is 167 Å². The van der Waals surface area contributed by atoms with Crippen LogP contribution in [0.25, 0.3) is 0 Å². The molecule has 6 nitrogen and oxygen atoms in total. The zero-order chi connectivity index (χ0) is 18.2. The summed E-state index contributed by atoms with van der Waals surface area (Å²) in [5.41, 5.74) is 1.66. The van der Waals surface area contributed by atoms with Gasteiger partial charge in [-0.15, -0.1) is 5.10 Å². The largest absolute Gasteiger partial charge is 1.00 e. The maximum atomic E-state index is 13.6. The number of halogens is 2. The second-order valence-electron chi connectivity index (χ2n) is 5.64. The molecule has 0 saturated heterocycles. The van der Waals surface area contributed by atoms with E-state index in [4.69, 9.17) is 4.74 Å². The number of ether oxygens (including phenoxy) is 1. The van der Waals surface area contributed by atoms with Crippen LogP contribution in [0.5, 0.6) is 5.75 Å². The molecular weight excluding hydrogens is 389 g/mol. The van der Waals surface area contributed by atoms with E-state index in [9.17, 15) is 4.39 Å². The number of rotatable bonds is 9. The molecule has 0 atom stereocenters. The maximum Gasteiger partial charge on any atom is 0.209 e. The highest BCUT2D eigenvalue weighted by Gasteiger charge is 2.04. The van der Waals surface area contributed by atoms with E-state index in [1.165, 1.54) is 6.07 Å². The lowest BCUT2D eigenvalue weighted by Crippen LogP contribution is -3.00. The Morgan fingerprint density at radius 3 is 2.81 bits per heavy atom. The van der Waals surface area contributed by atoms with Gasteiger partial charge < -0.3 is 22.5 Å². The molecule has 0 amide bonds. The molecule has 0 aliphatic carbocycles. The van der Waals surface area contributed by atoms with Crippen molar-refractivity contribution in [1.82, 2.24) is 25.5 Å². The number of thioether (sulfide) groups is 1. The van der Waals surface area contributed by atoms with Crippen molar-refractivity contribution in [3.8, 4) is 5.75 Å². The minimum atomic E-state index is -0.249. The fraction of sp³-hybridized carbons (Fsp3) is 0.278.